The Morgan fingerprint density at radius 1 is 1.29 bits per heavy atom. The normalized spacial score (nSPS) is 19.8. The number of carbonyl (C=O) groups is 1. The molecule has 0 aliphatic carbocycles. The lowest BCUT2D eigenvalue weighted by atomic mass is 10.1. The summed E-state index contributed by atoms with van der Waals surface area (Å²) in [4.78, 5) is 13.1. The highest BCUT2D eigenvalue weighted by Crippen LogP contribution is 2.21. The van der Waals surface area contributed by atoms with Gasteiger partial charge in [0.25, 0.3) is 5.91 Å². The van der Waals surface area contributed by atoms with Crippen molar-refractivity contribution in [2.75, 3.05) is 13.1 Å². The Balaban J connectivity index is 2.29. The number of nitrogens with zero attached hydrogens (tertiary/aromatic N) is 1. The van der Waals surface area contributed by atoms with Gasteiger partial charge in [-0.05, 0) is 18.6 Å². The van der Waals surface area contributed by atoms with E-state index in [1.807, 2.05) is 0 Å². The lowest BCUT2D eigenvalue weighted by Gasteiger charge is -2.16. The molecule has 17 heavy (non-hydrogen) atoms. The van der Waals surface area contributed by atoms with Crippen LogP contribution in [0.4, 0.5) is 13.2 Å². The highest BCUT2D eigenvalue weighted by molar-refractivity contribution is 6.21. The van der Waals surface area contributed by atoms with Crippen molar-refractivity contribution in [2.24, 2.45) is 0 Å². The molecule has 1 aliphatic rings. The summed E-state index contributed by atoms with van der Waals surface area (Å²) in [6.07, 6.45) is 0.610. The minimum atomic E-state index is -1.63. The maximum Gasteiger partial charge on any atom is 0.256 e. The predicted octanol–water partition coefficient (Wildman–Crippen LogP) is 2.56. The Morgan fingerprint density at radius 2 is 2.00 bits per heavy atom. The third-order valence-corrected chi connectivity index (χ3v) is 3.04. The lowest BCUT2D eigenvalue weighted by Crippen LogP contribution is -2.29. The average Bonchev–Trinajstić information content (AvgIpc) is 2.72. The summed E-state index contributed by atoms with van der Waals surface area (Å²) >= 11 is 5.81. The van der Waals surface area contributed by atoms with E-state index in [0.29, 0.717) is 19.5 Å². The average molecular weight is 264 g/mol. The maximum absolute atomic E-state index is 13.4. The molecule has 1 aromatic carbocycles. The first-order valence-electron chi connectivity index (χ1n) is 5.07. The Kier molecular flexibility index (Phi) is 3.28. The predicted molar refractivity (Wildman–Crippen MR) is 56.5 cm³/mol. The molecule has 0 bridgehead atoms. The van der Waals surface area contributed by atoms with Crippen molar-refractivity contribution in [1.29, 1.82) is 0 Å². The van der Waals surface area contributed by atoms with Gasteiger partial charge in [0.15, 0.2) is 17.5 Å². The standard InChI is InChI=1S/C11H9ClF3NO/c12-6-3-4-16(5-6)11(17)7-1-2-8(13)10(15)9(7)14/h1-2,6H,3-5H2. The lowest BCUT2D eigenvalue weighted by molar-refractivity contribution is 0.0787. The first kappa shape index (κ1) is 12.2. The Bertz CT molecular complexity index is 466. The number of rotatable bonds is 1. The second kappa shape index (κ2) is 4.56. The second-order valence-corrected chi connectivity index (χ2v) is 4.48. The number of benzene rings is 1. The first-order chi connectivity index (χ1) is 8.00. The number of carbonyl (C=O) groups excluding carboxylic acids is 1. The van der Waals surface area contributed by atoms with Gasteiger partial charge in [0.1, 0.15) is 0 Å². The van der Waals surface area contributed by atoms with Gasteiger partial charge in [0.2, 0.25) is 0 Å². The van der Waals surface area contributed by atoms with Crippen LogP contribution in [0.2, 0.25) is 0 Å². The summed E-state index contributed by atoms with van der Waals surface area (Å²) in [6.45, 7) is 0.685. The summed E-state index contributed by atoms with van der Waals surface area (Å²) in [5.74, 6) is -5.05. The maximum atomic E-state index is 13.4. The van der Waals surface area contributed by atoms with Gasteiger partial charge in [0.05, 0.1) is 10.9 Å². The van der Waals surface area contributed by atoms with Crippen LogP contribution in [0.1, 0.15) is 16.8 Å². The zero-order valence-electron chi connectivity index (χ0n) is 8.72. The van der Waals surface area contributed by atoms with Crippen LogP contribution in [-0.2, 0) is 0 Å². The number of halogens is 4. The van der Waals surface area contributed by atoms with Gasteiger partial charge in [-0.25, -0.2) is 13.2 Å². The van der Waals surface area contributed by atoms with Crippen LogP contribution in [-0.4, -0.2) is 29.3 Å². The molecule has 6 heteroatoms. The van der Waals surface area contributed by atoms with Crippen molar-refractivity contribution >= 4 is 17.5 Å². The molecular weight excluding hydrogens is 255 g/mol. The van der Waals surface area contributed by atoms with Gasteiger partial charge < -0.3 is 4.90 Å². The fraction of sp³-hybridized carbons (Fsp3) is 0.364. The fourth-order valence-electron chi connectivity index (χ4n) is 1.76. The largest absolute Gasteiger partial charge is 0.337 e. The smallest absolute Gasteiger partial charge is 0.256 e. The van der Waals surface area contributed by atoms with Gasteiger partial charge in [-0.15, -0.1) is 11.6 Å². The van der Waals surface area contributed by atoms with Crippen molar-refractivity contribution in [3.63, 3.8) is 0 Å². The molecule has 1 heterocycles. The Morgan fingerprint density at radius 3 is 2.59 bits per heavy atom. The quantitative estimate of drug-likeness (QED) is 0.563. The minimum Gasteiger partial charge on any atom is -0.337 e. The van der Waals surface area contributed by atoms with E-state index < -0.39 is 28.9 Å². The van der Waals surface area contributed by atoms with E-state index >= 15 is 0 Å². The van der Waals surface area contributed by atoms with E-state index in [1.54, 1.807) is 0 Å². The van der Waals surface area contributed by atoms with Crippen molar-refractivity contribution in [3.05, 3.63) is 35.1 Å². The molecule has 1 atom stereocenters. The summed E-state index contributed by atoms with van der Waals surface area (Å²) in [5.41, 5.74) is -0.463. The molecule has 2 nitrogen and oxygen atoms in total. The second-order valence-electron chi connectivity index (χ2n) is 3.86. The first-order valence-corrected chi connectivity index (χ1v) is 5.51. The molecular formula is C11H9ClF3NO. The number of amides is 1. The van der Waals surface area contributed by atoms with Gasteiger partial charge in [-0.1, -0.05) is 0 Å². The van der Waals surface area contributed by atoms with Crippen molar-refractivity contribution in [2.45, 2.75) is 11.8 Å². The topological polar surface area (TPSA) is 20.3 Å². The molecule has 1 aromatic rings. The van der Waals surface area contributed by atoms with Gasteiger partial charge in [-0.2, -0.15) is 0 Å². The molecule has 1 saturated heterocycles. The summed E-state index contributed by atoms with van der Waals surface area (Å²) in [5, 5.41) is -0.174. The van der Waals surface area contributed by atoms with E-state index in [0.717, 1.165) is 12.1 Å². The summed E-state index contributed by atoms with van der Waals surface area (Å²) < 4.78 is 39.0. The van der Waals surface area contributed by atoms with E-state index in [1.165, 1.54) is 4.90 Å². The Labute approximate surface area is 101 Å². The van der Waals surface area contributed by atoms with E-state index in [-0.39, 0.29) is 5.38 Å². The van der Waals surface area contributed by atoms with Gasteiger partial charge in [-0.3, -0.25) is 4.79 Å². The number of alkyl halides is 1. The molecule has 0 N–H and O–H groups in total. The molecule has 0 aromatic heterocycles. The highest BCUT2D eigenvalue weighted by Gasteiger charge is 2.28. The number of hydrogen-bond donors (Lipinski definition) is 0. The van der Waals surface area contributed by atoms with Crippen LogP contribution in [0.3, 0.4) is 0 Å². The Hall–Kier alpha value is -1.23. The van der Waals surface area contributed by atoms with Crippen LogP contribution in [0.15, 0.2) is 12.1 Å². The summed E-state index contributed by atoms with van der Waals surface area (Å²) in [7, 11) is 0. The van der Waals surface area contributed by atoms with Gasteiger partial charge in [0, 0.05) is 13.1 Å². The fourth-order valence-corrected chi connectivity index (χ4v) is 2.03. The molecule has 1 fully saturated rings. The SMILES string of the molecule is O=C(c1ccc(F)c(F)c1F)N1CCC(Cl)C1. The van der Waals surface area contributed by atoms with Crippen LogP contribution in [0.5, 0.6) is 0 Å². The van der Waals surface area contributed by atoms with Crippen molar-refractivity contribution in [1.82, 2.24) is 4.90 Å². The highest BCUT2D eigenvalue weighted by atomic mass is 35.5. The van der Waals surface area contributed by atoms with E-state index in [2.05, 4.69) is 0 Å². The van der Waals surface area contributed by atoms with Crippen LogP contribution < -0.4 is 0 Å². The number of hydrogen-bond acceptors (Lipinski definition) is 1. The van der Waals surface area contributed by atoms with Crippen LogP contribution in [0, 0.1) is 17.5 Å². The molecule has 1 aliphatic heterocycles. The molecule has 0 saturated carbocycles. The van der Waals surface area contributed by atoms with Crippen molar-refractivity contribution in [3.8, 4) is 0 Å². The zero-order chi connectivity index (χ0) is 12.6. The number of likely N-dealkylation sites (tertiary alicyclic amines) is 1. The summed E-state index contributed by atoms with van der Waals surface area (Å²) in [6, 6.07) is 1.68. The third kappa shape index (κ3) is 2.24. The molecule has 92 valence electrons. The van der Waals surface area contributed by atoms with E-state index in [9.17, 15) is 18.0 Å². The molecule has 1 unspecified atom stereocenters. The van der Waals surface area contributed by atoms with Crippen LogP contribution in [0.25, 0.3) is 0 Å². The minimum absolute atomic E-state index is 0.174. The molecule has 2 rings (SSSR count). The van der Waals surface area contributed by atoms with Gasteiger partial charge >= 0.3 is 0 Å². The molecule has 0 radical (unpaired) electrons. The monoisotopic (exact) mass is 263 g/mol. The molecule has 0 spiro atoms. The third-order valence-electron chi connectivity index (χ3n) is 2.68. The van der Waals surface area contributed by atoms with Crippen LogP contribution >= 0.6 is 11.6 Å². The van der Waals surface area contributed by atoms with Crippen molar-refractivity contribution < 1.29 is 18.0 Å². The molecule has 1 amide bonds. The zero-order valence-corrected chi connectivity index (χ0v) is 9.48. The van der Waals surface area contributed by atoms with E-state index in [4.69, 9.17) is 11.6 Å².